The summed E-state index contributed by atoms with van der Waals surface area (Å²) in [5.74, 6) is 1.31. The number of nitrogens with one attached hydrogen (secondary N) is 1. The molecule has 3 aromatic rings. The summed E-state index contributed by atoms with van der Waals surface area (Å²) in [5, 5.41) is 27.3. The van der Waals surface area contributed by atoms with Gasteiger partial charge in [-0.2, -0.15) is 10.2 Å². The van der Waals surface area contributed by atoms with E-state index in [1.165, 1.54) is 6.42 Å². The summed E-state index contributed by atoms with van der Waals surface area (Å²) in [6, 6.07) is 0.277. The van der Waals surface area contributed by atoms with Crippen molar-refractivity contribution in [3.63, 3.8) is 0 Å². The molecule has 1 aliphatic heterocycles. The van der Waals surface area contributed by atoms with Gasteiger partial charge in [-0.05, 0) is 77.3 Å². The summed E-state index contributed by atoms with van der Waals surface area (Å²) in [4.78, 5) is 2.47. The van der Waals surface area contributed by atoms with Crippen molar-refractivity contribution in [2.45, 2.75) is 92.5 Å². The number of H-pyrrole nitrogens is 1. The minimum absolute atomic E-state index is 0.0214. The zero-order valence-electron chi connectivity index (χ0n) is 27.1. The van der Waals surface area contributed by atoms with Crippen LogP contribution in [0.4, 0.5) is 0 Å². The van der Waals surface area contributed by atoms with Crippen LogP contribution >= 0.6 is 0 Å². The SMILES string of the molecule is C=Cc1n[nH]c2c1/C=C(\C)c1c(C)nn(C)c1OC(C)CN(C1CC1)Cc1c(c(OCC)nn1C(C)CO)/C=C/2.CCC. The average Bonchev–Trinajstić information content (AvgIpc) is 3.59. The lowest BCUT2D eigenvalue weighted by atomic mass is 10.0. The maximum atomic E-state index is 10.1. The van der Waals surface area contributed by atoms with Crippen molar-refractivity contribution in [2.75, 3.05) is 19.8 Å². The highest BCUT2D eigenvalue weighted by Gasteiger charge is 2.33. The Morgan fingerprint density at radius 3 is 2.53 bits per heavy atom. The van der Waals surface area contributed by atoms with E-state index in [1.807, 2.05) is 49.3 Å². The minimum atomic E-state index is -0.200. The first-order valence-corrected chi connectivity index (χ1v) is 15.5. The van der Waals surface area contributed by atoms with Crippen LogP contribution in [0.5, 0.6) is 11.8 Å². The lowest BCUT2D eigenvalue weighted by Crippen LogP contribution is -2.36. The average molecular weight is 592 g/mol. The number of hydrogen-bond acceptors (Lipinski definition) is 7. The number of aromatic amines is 1. The number of ether oxygens (including phenoxy) is 2. The second kappa shape index (κ2) is 14.2. The second-order valence-corrected chi connectivity index (χ2v) is 11.6. The number of aliphatic hydroxyl groups is 1. The second-order valence-electron chi connectivity index (χ2n) is 11.6. The fraction of sp³-hybridized carbons (Fsp3) is 0.545. The van der Waals surface area contributed by atoms with Gasteiger partial charge in [0.1, 0.15) is 6.10 Å². The van der Waals surface area contributed by atoms with Crippen molar-refractivity contribution in [3.8, 4) is 11.8 Å². The van der Waals surface area contributed by atoms with Crippen LogP contribution in [0.2, 0.25) is 0 Å². The van der Waals surface area contributed by atoms with E-state index < -0.39 is 0 Å². The van der Waals surface area contributed by atoms with Gasteiger partial charge in [0.05, 0.1) is 53.2 Å². The molecule has 0 bridgehead atoms. The monoisotopic (exact) mass is 591 g/mol. The molecule has 0 radical (unpaired) electrons. The molecule has 0 amide bonds. The van der Waals surface area contributed by atoms with Crippen LogP contribution in [0.15, 0.2) is 6.58 Å². The predicted molar refractivity (Wildman–Crippen MR) is 174 cm³/mol. The van der Waals surface area contributed by atoms with E-state index in [9.17, 15) is 5.11 Å². The van der Waals surface area contributed by atoms with E-state index >= 15 is 0 Å². The Balaban J connectivity index is 0.00000135. The number of nitrogens with zero attached hydrogens (tertiary/aromatic N) is 6. The Labute approximate surface area is 256 Å². The molecule has 10 heteroatoms. The molecule has 1 aliphatic carbocycles. The number of hydrogen-bond donors (Lipinski definition) is 2. The molecular formula is C33H49N7O3. The van der Waals surface area contributed by atoms with Crippen molar-refractivity contribution in [1.82, 2.24) is 34.7 Å². The van der Waals surface area contributed by atoms with Crippen molar-refractivity contribution < 1.29 is 14.6 Å². The van der Waals surface area contributed by atoms with Gasteiger partial charge in [0.15, 0.2) is 0 Å². The summed E-state index contributed by atoms with van der Waals surface area (Å²) in [5.41, 5.74) is 7.37. The van der Waals surface area contributed by atoms with Crippen LogP contribution in [0, 0.1) is 6.92 Å². The maximum Gasteiger partial charge on any atom is 0.240 e. The fourth-order valence-electron chi connectivity index (χ4n) is 5.50. The summed E-state index contributed by atoms with van der Waals surface area (Å²) in [7, 11) is 1.93. The Morgan fingerprint density at radius 2 is 1.91 bits per heavy atom. The molecule has 2 aliphatic rings. The molecule has 1 saturated carbocycles. The number of rotatable bonds is 6. The number of aryl methyl sites for hydroxylation is 2. The van der Waals surface area contributed by atoms with Gasteiger partial charge in [0, 0.05) is 31.7 Å². The molecule has 10 nitrogen and oxygen atoms in total. The third-order valence-corrected chi connectivity index (χ3v) is 7.60. The van der Waals surface area contributed by atoms with Gasteiger partial charge in [-0.15, -0.1) is 5.10 Å². The van der Waals surface area contributed by atoms with Gasteiger partial charge in [0.25, 0.3) is 0 Å². The standard InChI is InChI=1S/C30H41N7O3.C3H8/c1-8-25-24-14-18(3)28-21(6)33-35(7)30(28)40-20(5)15-36(22-10-11-22)16-27-23(12-13-26(24)32-31-25)29(39-9-2)34-37(27)19(4)17-38;1-3-2/h8,12-14,19-20,22,38H,1,9-11,15-17H2,2-7H3,(H,31,32);3H2,1-2H3/b13-12+,18-14+;. The molecule has 2 N–H and O–H groups in total. The molecule has 3 aromatic heterocycles. The van der Waals surface area contributed by atoms with Crippen LogP contribution in [-0.4, -0.2) is 71.7 Å². The first kappa shape index (κ1) is 32.3. The zero-order chi connectivity index (χ0) is 31.3. The molecule has 43 heavy (non-hydrogen) atoms. The number of fused-ring (bicyclic) bond motifs is 3. The maximum absolute atomic E-state index is 10.1. The van der Waals surface area contributed by atoms with Crippen molar-refractivity contribution in [1.29, 1.82) is 0 Å². The lowest BCUT2D eigenvalue weighted by molar-refractivity contribution is 0.123. The number of aliphatic hydroxyl groups excluding tert-OH is 1. The minimum Gasteiger partial charge on any atom is -0.476 e. The Kier molecular flexibility index (Phi) is 10.7. The van der Waals surface area contributed by atoms with E-state index in [0.717, 1.165) is 70.3 Å². The highest BCUT2D eigenvalue weighted by Crippen LogP contribution is 2.36. The number of allylic oxidation sites excluding steroid dienone is 1. The molecule has 0 saturated heterocycles. The molecule has 2 atom stereocenters. The van der Waals surface area contributed by atoms with Gasteiger partial charge in [-0.3, -0.25) is 14.7 Å². The van der Waals surface area contributed by atoms with E-state index in [4.69, 9.17) is 19.7 Å². The van der Waals surface area contributed by atoms with Crippen molar-refractivity contribution in [3.05, 3.63) is 46.0 Å². The summed E-state index contributed by atoms with van der Waals surface area (Å²) >= 11 is 0. The largest absolute Gasteiger partial charge is 0.476 e. The third kappa shape index (κ3) is 7.13. The van der Waals surface area contributed by atoms with Crippen molar-refractivity contribution in [2.24, 2.45) is 7.05 Å². The van der Waals surface area contributed by atoms with Crippen LogP contribution in [0.3, 0.4) is 0 Å². The molecule has 0 spiro atoms. The third-order valence-electron chi connectivity index (χ3n) is 7.60. The lowest BCUT2D eigenvalue weighted by Gasteiger charge is -2.27. The number of aromatic nitrogens is 6. The predicted octanol–water partition coefficient (Wildman–Crippen LogP) is 6.14. The van der Waals surface area contributed by atoms with Crippen LogP contribution in [0.1, 0.15) is 106 Å². The normalized spacial score (nSPS) is 20.0. The molecule has 4 heterocycles. The molecular weight excluding hydrogens is 542 g/mol. The highest BCUT2D eigenvalue weighted by molar-refractivity contribution is 5.88. The molecule has 5 rings (SSSR count). The highest BCUT2D eigenvalue weighted by atomic mass is 16.5. The molecule has 0 aromatic carbocycles. The summed E-state index contributed by atoms with van der Waals surface area (Å²) < 4.78 is 16.4. The van der Waals surface area contributed by atoms with Crippen molar-refractivity contribution >= 4 is 29.9 Å². The Morgan fingerprint density at radius 1 is 1.19 bits per heavy atom. The van der Waals surface area contributed by atoms with E-state index in [1.54, 1.807) is 6.08 Å². The molecule has 234 valence electrons. The zero-order valence-corrected chi connectivity index (χ0v) is 27.1. The topological polar surface area (TPSA) is 106 Å². The van der Waals surface area contributed by atoms with Gasteiger partial charge in [-0.1, -0.05) is 26.8 Å². The van der Waals surface area contributed by atoms with E-state index in [-0.39, 0.29) is 18.8 Å². The Hall–Kier alpha value is -3.63. The van der Waals surface area contributed by atoms with Gasteiger partial charge >= 0.3 is 0 Å². The fourth-order valence-corrected chi connectivity index (χ4v) is 5.50. The van der Waals surface area contributed by atoms with Crippen LogP contribution in [0.25, 0.3) is 29.9 Å². The molecule has 2 unspecified atom stereocenters. The summed E-state index contributed by atoms with van der Waals surface area (Å²) in [6.07, 6.45) is 11.4. The smallest absolute Gasteiger partial charge is 0.240 e. The molecule has 1 fully saturated rings. The Bertz CT molecular complexity index is 1460. The quantitative estimate of drug-likeness (QED) is 0.355. The van der Waals surface area contributed by atoms with E-state index in [2.05, 4.69) is 55.4 Å². The first-order chi connectivity index (χ1) is 20.7. The van der Waals surface area contributed by atoms with E-state index in [0.29, 0.717) is 25.1 Å². The van der Waals surface area contributed by atoms with Crippen LogP contribution < -0.4 is 9.47 Å². The van der Waals surface area contributed by atoms with Gasteiger partial charge in [-0.25, -0.2) is 4.68 Å². The van der Waals surface area contributed by atoms with Gasteiger partial charge < -0.3 is 14.6 Å². The summed E-state index contributed by atoms with van der Waals surface area (Å²) in [6.45, 7) is 20.2. The van der Waals surface area contributed by atoms with Gasteiger partial charge in [0.2, 0.25) is 11.8 Å². The van der Waals surface area contributed by atoms with Crippen LogP contribution in [-0.2, 0) is 13.6 Å². The first-order valence-electron chi connectivity index (χ1n) is 15.5.